The van der Waals surface area contributed by atoms with Gasteiger partial charge >= 0.3 is 0 Å². The molecule has 0 saturated carbocycles. The molecule has 0 spiro atoms. The second kappa shape index (κ2) is 5.16. The van der Waals surface area contributed by atoms with Gasteiger partial charge in [0, 0.05) is 10.5 Å². The van der Waals surface area contributed by atoms with Crippen LogP contribution in [0.15, 0.2) is 27.6 Å². The molecule has 1 aromatic carbocycles. The Kier molecular flexibility index (Phi) is 4.35. The summed E-state index contributed by atoms with van der Waals surface area (Å²) in [5.74, 6) is 0. The first-order valence-corrected chi connectivity index (χ1v) is 7.21. The molecule has 0 aliphatic rings. The van der Waals surface area contributed by atoms with Crippen LogP contribution in [-0.4, -0.2) is 14.5 Å². The minimum absolute atomic E-state index is 0.108. The van der Waals surface area contributed by atoms with E-state index in [-0.39, 0.29) is 16.6 Å². The molecule has 16 heavy (non-hydrogen) atoms. The molecule has 0 aliphatic carbocycles. The highest BCUT2D eigenvalue weighted by Crippen LogP contribution is 2.23. The molecule has 4 nitrogen and oxygen atoms in total. The van der Waals surface area contributed by atoms with Gasteiger partial charge in [-0.25, -0.2) is 13.1 Å². The zero-order valence-corrected chi connectivity index (χ0v) is 11.6. The minimum Gasteiger partial charge on any atom is -0.398 e. The van der Waals surface area contributed by atoms with Crippen LogP contribution in [0.5, 0.6) is 0 Å². The van der Waals surface area contributed by atoms with Crippen molar-refractivity contribution < 1.29 is 8.42 Å². The van der Waals surface area contributed by atoms with E-state index in [1.807, 2.05) is 13.8 Å². The smallest absolute Gasteiger partial charge is 0.242 e. The number of nitrogens with one attached hydrogen (secondary N) is 1. The molecule has 1 aromatic rings. The Bertz CT molecular complexity index is 474. The fourth-order valence-corrected chi connectivity index (χ4v) is 3.15. The summed E-state index contributed by atoms with van der Waals surface area (Å²) in [4.78, 5) is 0.113. The Balaban J connectivity index is 3.12. The summed E-state index contributed by atoms with van der Waals surface area (Å²) >= 11 is 3.22. The van der Waals surface area contributed by atoms with Crippen LogP contribution < -0.4 is 10.5 Å². The van der Waals surface area contributed by atoms with Crippen LogP contribution in [0.1, 0.15) is 20.3 Å². The number of hydrogen-bond acceptors (Lipinski definition) is 3. The van der Waals surface area contributed by atoms with Gasteiger partial charge < -0.3 is 5.73 Å². The fourth-order valence-electron chi connectivity index (χ4n) is 1.15. The van der Waals surface area contributed by atoms with E-state index in [1.165, 1.54) is 6.07 Å². The van der Waals surface area contributed by atoms with Crippen molar-refractivity contribution >= 4 is 31.6 Å². The van der Waals surface area contributed by atoms with E-state index in [0.717, 1.165) is 6.42 Å². The average Bonchev–Trinajstić information content (AvgIpc) is 2.20. The molecule has 0 aliphatic heterocycles. The van der Waals surface area contributed by atoms with E-state index in [1.54, 1.807) is 12.1 Å². The largest absolute Gasteiger partial charge is 0.398 e. The van der Waals surface area contributed by atoms with Crippen LogP contribution in [0.3, 0.4) is 0 Å². The third-order valence-electron chi connectivity index (χ3n) is 2.23. The Morgan fingerprint density at radius 3 is 2.69 bits per heavy atom. The van der Waals surface area contributed by atoms with Crippen molar-refractivity contribution in [3.8, 4) is 0 Å². The van der Waals surface area contributed by atoms with Crippen molar-refractivity contribution in [3.63, 3.8) is 0 Å². The van der Waals surface area contributed by atoms with Crippen molar-refractivity contribution in [1.29, 1.82) is 0 Å². The van der Waals surface area contributed by atoms with Gasteiger partial charge in [0.05, 0.1) is 5.69 Å². The number of sulfonamides is 1. The van der Waals surface area contributed by atoms with Crippen molar-refractivity contribution in [2.75, 3.05) is 5.73 Å². The highest BCUT2D eigenvalue weighted by Gasteiger charge is 2.19. The Morgan fingerprint density at radius 2 is 2.12 bits per heavy atom. The Morgan fingerprint density at radius 1 is 1.50 bits per heavy atom. The number of nitrogens with two attached hydrogens (primary N) is 1. The maximum Gasteiger partial charge on any atom is 0.242 e. The number of anilines is 1. The highest BCUT2D eigenvalue weighted by atomic mass is 79.9. The van der Waals surface area contributed by atoms with Crippen LogP contribution in [0.2, 0.25) is 0 Å². The summed E-state index contributed by atoms with van der Waals surface area (Å²) in [5, 5.41) is 0. The second-order valence-electron chi connectivity index (χ2n) is 3.61. The van der Waals surface area contributed by atoms with Gasteiger partial charge in [-0.05, 0) is 31.5 Å². The SMILES string of the molecule is CCC(C)NS(=O)(=O)c1cc(Br)ccc1N. The summed E-state index contributed by atoms with van der Waals surface area (Å²) in [6, 6.07) is 4.66. The lowest BCUT2D eigenvalue weighted by molar-refractivity contribution is 0.556. The van der Waals surface area contributed by atoms with E-state index in [0.29, 0.717) is 4.47 Å². The van der Waals surface area contributed by atoms with Crippen LogP contribution in [0.4, 0.5) is 5.69 Å². The first-order chi connectivity index (χ1) is 7.36. The minimum atomic E-state index is -3.53. The average molecular weight is 307 g/mol. The molecule has 0 heterocycles. The molecule has 0 aromatic heterocycles. The molecule has 1 atom stereocenters. The molecule has 6 heteroatoms. The van der Waals surface area contributed by atoms with Gasteiger partial charge in [0.1, 0.15) is 4.90 Å². The zero-order chi connectivity index (χ0) is 12.3. The van der Waals surface area contributed by atoms with Crippen molar-refractivity contribution in [2.45, 2.75) is 31.2 Å². The van der Waals surface area contributed by atoms with Gasteiger partial charge in [-0.15, -0.1) is 0 Å². The molecule has 0 fully saturated rings. The van der Waals surface area contributed by atoms with Gasteiger partial charge in [-0.1, -0.05) is 22.9 Å². The topological polar surface area (TPSA) is 72.2 Å². The third-order valence-corrected chi connectivity index (χ3v) is 4.37. The van der Waals surface area contributed by atoms with Crippen molar-refractivity contribution in [2.24, 2.45) is 0 Å². The molecule has 90 valence electrons. The second-order valence-corrected chi connectivity index (χ2v) is 6.21. The summed E-state index contributed by atoms with van der Waals surface area (Å²) in [5.41, 5.74) is 5.90. The van der Waals surface area contributed by atoms with Crippen LogP contribution in [-0.2, 0) is 10.0 Å². The predicted molar refractivity (Wildman–Crippen MR) is 68.6 cm³/mol. The van der Waals surface area contributed by atoms with Gasteiger partial charge in [-0.2, -0.15) is 0 Å². The van der Waals surface area contributed by atoms with Crippen molar-refractivity contribution in [3.05, 3.63) is 22.7 Å². The maximum absolute atomic E-state index is 12.0. The third kappa shape index (κ3) is 3.20. The maximum atomic E-state index is 12.0. The number of hydrogen-bond donors (Lipinski definition) is 2. The quantitative estimate of drug-likeness (QED) is 0.837. The first-order valence-electron chi connectivity index (χ1n) is 4.94. The summed E-state index contributed by atoms with van der Waals surface area (Å²) in [6.07, 6.45) is 0.729. The molecule has 0 amide bonds. The monoisotopic (exact) mass is 306 g/mol. The molecule has 0 bridgehead atoms. The lowest BCUT2D eigenvalue weighted by Gasteiger charge is -2.13. The van der Waals surface area contributed by atoms with Crippen LogP contribution in [0.25, 0.3) is 0 Å². The number of nitrogen functional groups attached to an aromatic ring is 1. The summed E-state index contributed by atoms with van der Waals surface area (Å²) in [6.45, 7) is 3.73. The zero-order valence-electron chi connectivity index (χ0n) is 9.20. The van der Waals surface area contributed by atoms with E-state index in [9.17, 15) is 8.42 Å². The summed E-state index contributed by atoms with van der Waals surface area (Å²) < 4.78 is 27.2. The van der Waals surface area contributed by atoms with Crippen LogP contribution in [0, 0.1) is 0 Å². The molecular weight excluding hydrogens is 292 g/mol. The molecular formula is C10H15BrN2O2S. The molecule has 0 radical (unpaired) electrons. The number of halogens is 1. The fraction of sp³-hybridized carbons (Fsp3) is 0.400. The number of benzene rings is 1. The Hall–Kier alpha value is -0.590. The summed E-state index contributed by atoms with van der Waals surface area (Å²) in [7, 11) is -3.53. The predicted octanol–water partition coefficient (Wildman–Crippen LogP) is 2.11. The van der Waals surface area contributed by atoms with Crippen molar-refractivity contribution in [1.82, 2.24) is 4.72 Å². The van der Waals surface area contributed by atoms with Gasteiger partial charge in [-0.3, -0.25) is 0 Å². The molecule has 0 saturated heterocycles. The molecule has 1 unspecified atom stereocenters. The standard InChI is InChI=1S/C10H15BrN2O2S/c1-3-7(2)13-16(14,15)10-6-8(11)4-5-9(10)12/h4-7,13H,3,12H2,1-2H3. The molecule has 1 rings (SSSR count). The lowest BCUT2D eigenvalue weighted by atomic mass is 10.3. The van der Waals surface area contributed by atoms with E-state index < -0.39 is 10.0 Å². The van der Waals surface area contributed by atoms with Crippen LogP contribution >= 0.6 is 15.9 Å². The Labute approximate surface area is 104 Å². The van der Waals surface area contributed by atoms with E-state index >= 15 is 0 Å². The van der Waals surface area contributed by atoms with Gasteiger partial charge in [0.15, 0.2) is 0 Å². The lowest BCUT2D eigenvalue weighted by Crippen LogP contribution is -2.32. The molecule has 3 N–H and O–H groups in total. The highest BCUT2D eigenvalue weighted by molar-refractivity contribution is 9.10. The van der Waals surface area contributed by atoms with E-state index in [2.05, 4.69) is 20.7 Å². The van der Waals surface area contributed by atoms with Gasteiger partial charge in [0.25, 0.3) is 0 Å². The normalized spacial score (nSPS) is 13.7. The number of rotatable bonds is 4. The van der Waals surface area contributed by atoms with E-state index in [4.69, 9.17) is 5.73 Å². The van der Waals surface area contributed by atoms with Gasteiger partial charge in [0.2, 0.25) is 10.0 Å². The first kappa shape index (κ1) is 13.5.